The third-order valence-corrected chi connectivity index (χ3v) is 3.66. The Morgan fingerprint density at radius 2 is 1.77 bits per heavy atom. The lowest BCUT2D eigenvalue weighted by molar-refractivity contribution is 0.0637. The number of amides is 1. The first-order valence-corrected chi connectivity index (χ1v) is 7.09. The highest BCUT2D eigenvalue weighted by molar-refractivity contribution is 5.94. The molecule has 0 aliphatic rings. The number of hydrazine groups is 1. The van der Waals surface area contributed by atoms with E-state index in [4.69, 9.17) is 5.84 Å². The number of rotatable bonds is 5. The predicted molar refractivity (Wildman–Crippen MR) is 87.0 cm³/mol. The summed E-state index contributed by atoms with van der Waals surface area (Å²) in [5, 5.41) is 10.7. The molecule has 0 heterocycles. The van der Waals surface area contributed by atoms with Crippen LogP contribution in [0.5, 0.6) is 5.75 Å². The molecule has 0 unspecified atom stereocenters. The topological polar surface area (TPSA) is 66.6 Å². The van der Waals surface area contributed by atoms with Gasteiger partial charge in [0.15, 0.2) is 0 Å². The molecule has 0 spiro atoms. The van der Waals surface area contributed by atoms with E-state index in [0.29, 0.717) is 5.56 Å². The van der Waals surface area contributed by atoms with Crippen LogP contribution < -0.4 is 5.84 Å². The summed E-state index contributed by atoms with van der Waals surface area (Å²) >= 11 is 0. The average molecular weight is 296 g/mol. The molecule has 0 radical (unpaired) electrons. The Morgan fingerprint density at radius 3 is 2.32 bits per heavy atom. The van der Waals surface area contributed by atoms with E-state index in [0.717, 1.165) is 5.56 Å². The molecule has 0 bridgehead atoms. The molecule has 22 heavy (non-hydrogen) atoms. The van der Waals surface area contributed by atoms with E-state index in [2.05, 4.69) is 6.58 Å². The van der Waals surface area contributed by atoms with E-state index in [1.165, 1.54) is 5.01 Å². The van der Waals surface area contributed by atoms with Gasteiger partial charge in [-0.1, -0.05) is 43.3 Å². The lowest BCUT2D eigenvalue weighted by Crippen LogP contribution is -2.42. The summed E-state index contributed by atoms with van der Waals surface area (Å²) in [7, 11) is 0. The van der Waals surface area contributed by atoms with Gasteiger partial charge in [-0.15, -0.1) is 6.58 Å². The Kier molecular flexibility index (Phi) is 4.96. The first-order valence-electron chi connectivity index (χ1n) is 7.09. The highest BCUT2D eigenvalue weighted by atomic mass is 16.3. The second-order valence-corrected chi connectivity index (χ2v) is 5.21. The first-order chi connectivity index (χ1) is 10.5. The molecule has 2 atom stereocenters. The maximum Gasteiger partial charge on any atom is 0.268 e. The molecular weight excluding hydrogens is 276 g/mol. The number of benzene rings is 2. The molecule has 0 fully saturated rings. The zero-order chi connectivity index (χ0) is 16.1. The minimum atomic E-state index is -0.356. The predicted octanol–water partition coefficient (Wildman–Crippen LogP) is 3.27. The van der Waals surface area contributed by atoms with Gasteiger partial charge in [0.2, 0.25) is 0 Å². The third-order valence-electron chi connectivity index (χ3n) is 3.66. The molecule has 4 nitrogen and oxygen atoms in total. The van der Waals surface area contributed by atoms with Crippen LogP contribution >= 0.6 is 0 Å². The van der Waals surface area contributed by atoms with Crippen molar-refractivity contribution in [2.24, 2.45) is 11.8 Å². The molecule has 3 N–H and O–H groups in total. The van der Waals surface area contributed by atoms with Gasteiger partial charge in [-0.3, -0.25) is 9.80 Å². The second kappa shape index (κ2) is 6.91. The summed E-state index contributed by atoms with van der Waals surface area (Å²) in [6.45, 7) is 5.74. The smallest absolute Gasteiger partial charge is 0.268 e. The van der Waals surface area contributed by atoms with Crippen LogP contribution in [0.2, 0.25) is 0 Å². The normalized spacial score (nSPS) is 13.2. The van der Waals surface area contributed by atoms with Gasteiger partial charge in [0.25, 0.3) is 5.91 Å². The van der Waals surface area contributed by atoms with Crippen LogP contribution in [0.4, 0.5) is 0 Å². The van der Waals surface area contributed by atoms with Gasteiger partial charge in [0.1, 0.15) is 5.75 Å². The molecule has 0 saturated heterocycles. The average Bonchev–Trinajstić information content (AvgIpc) is 2.56. The van der Waals surface area contributed by atoms with Crippen LogP contribution in [0, 0.1) is 5.92 Å². The maximum absolute atomic E-state index is 12.6. The molecule has 2 aromatic rings. The Hall–Kier alpha value is -2.59. The number of hydrogen-bond acceptors (Lipinski definition) is 3. The van der Waals surface area contributed by atoms with Gasteiger partial charge in [0, 0.05) is 5.56 Å². The van der Waals surface area contributed by atoms with Crippen molar-refractivity contribution in [3.63, 3.8) is 0 Å². The zero-order valence-corrected chi connectivity index (χ0v) is 12.5. The zero-order valence-electron chi connectivity index (χ0n) is 12.5. The van der Waals surface area contributed by atoms with E-state index >= 15 is 0 Å². The van der Waals surface area contributed by atoms with E-state index in [1.807, 2.05) is 13.0 Å². The van der Waals surface area contributed by atoms with Crippen molar-refractivity contribution in [3.05, 3.63) is 78.4 Å². The molecule has 2 rings (SSSR count). The Labute approximate surface area is 130 Å². The minimum Gasteiger partial charge on any atom is -0.508 e. The lowest BCUT2D eigenvalue weighted by atomic mass is 9.93. The first kappa shape index (κ1) is 15.8. The van der Waals surface area contributed by atoms with Crippen molar-refractivity contribution >= 4 is 5.91 Å². The fourth-order valence-electron chi connectivity index (χ4n) is 2.37. The number of nitrogens with two attached hydrogens (primary N) is 1. The van der Waals surface area contributed by atoms with Gasteiger partial charge in [-0.25, -0.2) is 5.84 Å². The fourth-order valence-corrected chi connectivity index (χ4v) is 2.37. The SMILES string of the molecule is C=C[C@H](C)[C@@H](c1ccc(O)cc1)N(N)C(=O)c1ccccc1. The van der Waals surface area contributed by atoms with Crippen LogP contribution in [-0.2, 0) is 0 Å². The molecule has 0 saturated carbocycles. The molecule has 2 aromatic carbocycles. The van der Waals surface area contributed by atoms with Crippen molar-refractivity contribution < 1.29 is 9.90 Å². The summed E-state index contributed by atoms with van der Waals surface area (Å²) < 4.78 is 0. The van der Waals surface area contributed by atoms with E-state index < -0.39 is 0 Å². The van der Waals surface area contributed by atoms with Crippen molar-refractivity contribution in [1.82, 2.24) is 5.01 Å². The number of nitrogens with zero attached hydrogens (tertiary/aromatic N) is 1. The van der Waals surface area contributed by atoms with Crippen LogP contribution in [0.1, 0.15) is 28.9 Å². The summed E-state index contributed by atoms with van der Waals surface area (Å²) in [5.74, 6) is 5.99. The minimum absolute atomic E-state index is 0.0396. The van der Waals surface area contributed by atoms with E-state index in [1.54, 1.807) is 54.6 Å². The number of phenols is 1. The number of aromatic hydroxyl groups is 1. The van der Waals surface area contributed by atoms with Crippen LogP contribution in [0.25, 0.3) is 0 Å². The van der Waals surface area contributed by atoms with Crippen molar-refractivity contribution in [2.75, 3.05) is 0 Å². The largest absolute Gasteiger partial charge is 0.508 e. The Bertz CT molecular complexity index is 638. The van der Waals surface area contributed by atoms with Gasteiger partial charge in [-0.05, 0) is 35.7 Å². The highest BCUT2D eigenvalue weighted by Crippen LogP contribution is 2.29. The molecule has 0 aromatic heterocycles. The monoisotopic (exact) mass is 296 g/mol. The van der Waals surface area contributed by atoms with Crippen LogP contribution in [0.15, 0.2) is 67.3 Å². The van der Waals surface area contributed by atoms with Crippen molar-refractivity contribution in [1.29, 1.82) is 0 Å². The number of carbonyl (C=O) groups excluding carboxylic acids is 1. The summed E-state index contributed by atoms with van der Waals surface area (Å²) in [6.07, 6.45) is 1.76. The van der Waals surface area contributed by atoms with Gasteiger partial charge < -0.3 is 5.11 Å². The highest BCUT2D eigenvalue weighted by Gasteiger charge is 2.27. The van der Waals surface area contributed by atoms with Crippen LogP contribution in [-0.4, -0.2) is 16.0 Å². The molecule has 4 heteroatoms. The number of phenolic OH excluding ortho intramolecular Hbond substituents is 1. The standard InChI is InChI=1S/C18H20N2O2/c1-3-13(2)17(14-9-11-16(21)12-10-14)20(19)18(22)15-7-5-4-6-8-15/h3-13,17,21H,1,19H2,2H3/t13-,17-/m0/s1. The molecule has 0 aliphatic carbocycles. The lowest BCUT2D eigenvalue weighted by Gasteiger charge is -2.31. The van der Waals surface area contributed by atoms with Gasteiger partial charge >= 0.3 is 0 Å². The summed E-state index contributed by atoms with van der Waals surface area (Å²) in [5.41, 5.74) is 1.38. The second-order valence-electron chi connectivity index (χ2n) is 5.21. The Morgan fingerprint density at radius 1 is 1.18 bits per heavy atom. The van der Waals surface area contributed by atoms with Gasteiger partial charge in [-0.2, -0.15) is 0 Å². The summed E-state index contributed by atoms with van der Waals surface area (Å²) in [6, 6.07) is 15.2. The van der Waals surface area contributed by atoms with Crippen LogP contribution in [0.3, 0.4) is 0 Å². The fraction of sp³-hybridized carbons (Fsp3) is 0.167. The molecule has 114 valence electrons. The van der Waals surface area contributed by atoms with Crippen molar-refractivity contribution in [3.8, 4) is 5.75 Å². The maximum atomic E-state index is 12.6. The van der Waals surface area contributed by atoms with E-state index in [9.17, 15) is 9.90 Å². The van der Waals surface area contributed by atoms with E-state index in [-0.39, 0.29) is 23.6 Å². The van der Waals surface area contributed by atoms with Crippen molar-refractivity contribution in [2.45, 2.75) is 13.0 Å². The molecular formula is C18H20N2O2. The van der Waals surface area contributed by atoms with Gasteiger partial charge in [0.05, 0.1) is 6.04 Å². The third kappa shape index (κ3) is 3.35. The molecule has 1 amide bonds. The molecule has 0 aliphatic heterocycles. The number of hydrogen-bond donors (Lipinski definition) is 2. The quantitative estimate of drug-likeness (QED) is 0.385. The Balaban J connectivity index is 2.35. The number of carbonyl (C=O) groups is 1. The summed E-state index contributed by atoms with van der Waals surface area (Å²) in [4.78, 5) is 12.6.